The first-order chi connectivity index (χ1) is 11.7. The molecule has 0 unspecified atom stereocenters. The Labute approximate surface area is 140 Å². The summed E-state index contributed by atoms with van der Waals surface area (Å²) in [6, 6.07) is 13.7. The van der Waals surface area contributed by atoms with Gasteiger partial charge in [0.05, 0.1) is 18.2 Å². The molecule has 1 aromatic carbocycles. The third-order valence-corrected chi connectivity index (χ3v) is 4.80. The van der Waals surface area contributed by atoms with E-state index < -0.39 is 0 Å². The van der Waals surface area contributed by atoms with Gasteiger partial charge in [-0.25, -0.2) is 0 Å². The summed E-state index contributed by atoms with van der Waals surface area (Å²) in [5, 5.41) is 0. The van der Waals surface area contributed by atoms with Gasteiger partial charge in [-0.15, -0.1) is 0 Å². The number of carbonyl (C=O) groups excluding carboxylic acids is 2. The summed E-state index contributed by atoms with van der Waals surface area (Å²) in [6.07, 6.45) is 2.91. The van der Waals surface area contributed by atoms with Crippen molar-refractivity contribution in [2.75, 3.05) is 18.0 Å². The number of pyridine rings is 1. The molecule has 1 aromatic heterocycles. The lowest BCUT2D eigenvalue weighted by molar-refractivity contribution is -0.128. The minimum Gasteiger partial charge on any atom is -0.336 e. The molecule has 2 aromatic rings. The monoisotopic (exact) mass is 321 g/mol. The summed E-state index contributed by atoms with van der Waals surface area (Å²) in [7, 11) is 0. The molecule has 0 N–H and O–H groups in total. The van der Waals surface area contributed by atoms with Gasteiger partial charge in [-0.05, 0) is 30.2 Å². The van der Waals surface area contributed by atoms with E-state index >= 15 is 0 Å². The van der Waals surface area contributed by atoms with Crippen LogP contribution in [0.1, 0.15) is 17.7 Å². The number of fused-ring (bicyclic) bond motifs is 1. The van der Waals surface area contributed by atoms with Gasteiger partial charge in [0.2, 0.25) is 11.8 Å². The van der Waals surface area contributed by atoms with Crippen LogP contribution in [0.15, 0.2) is 48.7 Å². The molecular weight excluding hydrogens is 302 g/mol. The fourth-order valence-electron chi connectivity index (χ4n) is 3.57. The first-order valence-corrected chi connectivity index (χ1v) is 8.29. The number of amides is 2. The van der Waals surface area contributed by atoms with Crippen molar-refractivity contribution >= 4 is 17.5 Å². The molecule has 1 saturated heterocycles. The van der Waals surface area contributed by atoms with E-state index in [1.54, 1.807) is 11.1 Å². The summed E-state index contributed by atoms with van der Waals surface area (Å²) in [5.74, 6) is -0.157. The maximum Gasteiger partial charge on any atom is 0.232 e. The fraction of sp³-hybridized carbons (Fsp3) is 0.316. The van der Waals surface area contributed by atoms with Crippen LogP contribution in [-0.2, 0) is 22.6 Å². The molecule has 0 aliphatic carbocycles. The number of aromatic nitrogens is 1. The van der Waals surface area contributed by atoms with Gasteiger partial charge in [-0.3, -0.25) is 14.6 Å². The van der Waals surface area contributed by atoms with E-state index in [9.17, 15) is 9.59 Å². The first kappa shape index (κ1) is 14.9. The molecule has 2 aliphatic rings. The number of rotatable bonds is 3. The molecule has 2 amide bonds. The molecule has 0 saturated carbocycles. The Balaban J connectivity index is 1.46. The highest BCUT2D eigenvalue weighted by atomic mass is 16.2. The molecule has 2 aliphatic heterocycles. The van der Waals surface area contributed by atoms with Gasteiger partial charge in [-0.1, -0.05) is 24.3 Å². The van der Waals surface area contributed by atoms with Crippen LogP contribution >= 0.6 is 0 Å². The van der Waals surface area contributed by atoms with Gasteiger partial charge >= 0.3 is 0 Å². The highest BCUT2D eigenvalue weighted by Gasteiger charge is 2.38. The molecule has 0 spiro atoms. The molecule has 3 heterocycles. The zero-order valence-electron chi connectivity index (χ0n) is 13.4. The molecule has 0 radical (unpaired) electrons. The van der Waals surface area contributed by atoms with E-state index in [1.807, 2.05) is 41.3 Å². The lowest BCUT2D eigenvalue weighted by Gasteiger charge is -2.21. The van der Waals surface area contributed by atoms with Crippen LogP contribution in [0.4, 0.5) is 5.69 Å². The number of nitrogens with zero attached hydrogens (tertiary/aromatic N) is 3. The van der Waals surface area contributed by atoms with E-state index in [-0.39, 0.29) is 17.7 Å². The molecular formula is C19H19N3O2. The molecule has 5 heteroatoms. The van der Waals surface area contributed by atoms with Gasteiger partial charge in [0, 0.05) is 31.4 Å². The number of hydrogen-bond donors (Lipinski definition) is 0. The second kappa shape index (κ2) is 6.07. The highest BCUT2D eigenvalue weighted by molar-refractivity contribution is 6.00. The second-order valence-electron chi connectivity index (χ2n) is 6.36. The summed E-state index contributed by atoms with van der Waals surface area (Å²) < 4.78 is 0. The first-order valence-electron chi connectivity index (χ1n) is 8.29. The van der Waals surface area contributed by atoms with Crippen LogP contribution in [0.5, 0.6) is 0 Å². The molecule has 1 fully saturated rings. The predicted molar refractivity (Wildman–Crippen MR) is 90.3 cm³/mol. The van der Waals surface area contributed by atoms with Crippen molar-refractivity contribution in [3.8, 4) is 0 Å². The van der Waals surface area contributed by atoms with Gasteiger partial charge in [0.15, 0.2) is 0 Å². The molecule has 4 rings (SSSR count). The number of hydrogen-bond acceptors (Lipinski definition) is 3. The van der Waals surface area contributed by atoms with Crippen molar-refractivity contribution in [3.05, 3.63) is 59.9 Å². The van der Waals surface area contributed by atoms with Crippen LogP contribution in [-0.4, -0.2) is 34.8 Å². The SMILES string of the molecule is O=C1C[C@H](C(=O)N2CCc3ccccc32)CN1Cc1ccccn1. The lowest BCUT2D eigenvalue weighted by atomic mass is 10.1. The Hall–Kier alpha value is -2.69. The largest absolute Gasteiger partial charge is 0.336 e. The minimum absolute atomic E-state index is 0.0338. The van der Waals surface area contributed by atoms with E-state index in [4.69, 9.17) is 0 Å². The van der Waals surface area contributed by atoms with Gasteiger partial charge in [0.1, 0.15) is 0 Å². The Morgan fingerprint density at radius 3 is 2.83 bits per heavy atom. The Morgan fingerprint density at radius 1 is 1.17 bits per heavy atom. The average molecular weight is 321 g/mol. The van der Waals surface area contributed by atoms with Crippen molar-refractivity contribution in [2.45, 2.75) is 19.4 Å². The number of benzene rings is 1. The lowest BCUT2D eigenvalue weighted by Crippen LogP contribution is -2.36. The van der Waals surface area contributed by atoms with Crippen LogP contribution in [0.2, 0.25) is 0 Å². The van der Waals surface area contributed by atoms with Crippen LogP contribution < -0.4 is 4.90 Å². The summed E-state index contributed by atoms with van der Waals surface area (Å²) >= 11 is 0. The van der Waals surface area contributed by atoms with Crippen molar-refractivity contribution in [1.82, 2.24) is 9.88 Å². The zero-order valence-corrected chi connectivity index (χ0v) is 13.4. The molecule has 0 bridgehead atoms. The molecule has 24 heavy (non-hydrogen) atoms. The number of likely N-dealkylation sites (tertiary alicyclic amines) is 1. The maximum atomic E-state index is 12.9. The molecule has 1 atom stereocenters. The van der Waals surface area contributed by atoms with Gasteiger partial charge < -0.3 is 9.80 Å². The highest BCUT2D eigenvalue weighted by Crippen LogP contribution is 2.31. The maximum absolute atomic E-state index is 12.9. The summed E-state index contributed by atoms with van der Waals surface area (Å²) in [4.78, 5) is 33.0. The summed E-state index contributed by atoms with van der Waals surface area (Å²) in [5.41, 5.74) is 3.06. The fourth-order valence-corrected chi connectivity index (χ4v) is 3.57. The second-order valence-corrected chi connectivity index (χ2v) is 6.36. The van der Waals surface area contributed by atoms with E-state index in [1.165, 1.54) is 5.56 Å². The van der Waals surface area contributed by atoms with E-state index in [0.29, 0.717) is 26.1 Å². The van der Waals surface area contributed by atoms with Crippen LogP contribution in [0.3, 0.4) is 0 Å². The average Bonchev–Trinajstić information content (AvgIpc) is 3.19. The smallest absolute Gasteiger partial charge is 0.232 e. The van der Waals surface area contributed by atoms with Crippen molar-refractivity contribution in [1.29, 1.82) is 0 Å². The molecule has 122 valence electrons. The number of para-hydroxylation sites is 1. The Kier molecular flexibility index (Phi) is 3.76. The zero-order chi connectivity index (χ0) is 16.5. The molecule has 5 nitrogen and oxygen atoms in total. The van der Waals surface area contributed by atoms with Crippen molar-refractivity contribution < 1.29 is 9.59 Å². The number of anilines is 1. The Morgan fingerprint density at radius 2 is 2.00 bits per heavy atom. The number of carbonyl (C=O) groups is 2. The van der Waals surface area contributed by atoms with E-state index in [2.05, 4.69) is 11.1 Å². The van der Waals surface area contributed by atoms with Gasteiger partial charge in [-0.2, -0.15) is 0 Å². The van der Waals surface area contributed by atoms with Crippen molar-refractivity contribution in [3.63, 3.8) is 0 Å². The quantitative estimate of drug-likeness (QED) is 0.869. The predicted octanol–water partition coefficient (Wildman–Crippen LogP) is 2.02. The topological polar surface area (TPSA) is 53.5 Å². The van der Waals surface area contributed by atoms with E-state index in [0.717, 1.165) is 17.8 Å². The van der Waals surface area contributed by atoms with Crippen LogP contribution in [0.25, 0.3) is 0 Å². The Bertz CT molecular complexity index is 775. The minimum atomic E-state index is -0.257. The summed E-state index contributed by atoms with van der Waals surface area (Å²) in [6.45, 7) is 1.66. The third-order valence-electron chi connectivity index (χ3n) is 4.80. The van der Waals surface area contributed by atoms with Crippen LogP contribution in [0, 0.1) is 5.92 Å². The third kappa shape index (κ3) is 2.66. The standard InChI is InChI=1S/C19H19N3O2/c23-18-11-15(12-21(18)13-16-6-3-4-9-20-16)19(24)22-10-8-14-5-1-2-7-17(14)22/h1-7,9,15H,8,10-13H2/t15-/m0/s1. The normalized spacial score (nSPS) is 19.7. The van der Waals surface area contributed by atoms with Gasteiger partial charge in [0.25, 0.3) is 0 Å². The van der Waals surface area contributed by atoms with Crippen molar-refractivity contribution in [2.24, 2.45) is 5.92 Å².